The molecular weight excluding hydrogens is 362 g/mol. The molecule has 3 heterocycles. The molecule has 2 fully saturated rings. The number of imide groups is 1. The van der Waals surface area contributed by atoms with Crippen molar-refractivity contribution in [3.63, 3.8) is 0 Å². The summed E-state index contributed by atoms with van der Waals surface area (Å²) >= 11 is 0. The third kappa shape index (κ3) is 3.46. The molecule has 0 aliphatic carbocycles. The quantitative estimate of drug-likeness (QED) is 0.616. The molecule has 1 atom stereocenters. The highest BCUT2D eigenvalue weighted by Gasteiger charge is 2.39. The minimum Gasteiger partial charge on any atom is -0.462 e. The predicted molar refractivity (Wildman–Crippen MR) is 99.5 cm³/mol. The number of fused-ring (bicyclic) bond motifs is 1. The Morgan fingerprint density at radius 3 is 2.57 bits per heavy atom. The zero-order chi connectivity index (χ0) is 19.8. The van der Waals surface area contributed by atoms with E-state index in [1.165, 1.54) is 6.92 Å². The molecule has 0 aromatic heterocycles. The molecule has 28 heavy (non-hydrogen) atoms. The van der Waals surface area contributed by atoms with Gasteiger partial charge in [0.15, 0.2) is 0 Å². The number of hydrogen-bond donors (Lipinski definition) is 1. The fraction of sp³-hybridized carbons (Fsp3) is 0.500. The summed E-state index contributed by atoms with van der Waals surface area (Å²) in [7, 11) is 0. The van der Waals surface area contributed by atoms with Crippen LogP contribution in [0.15, 0.2) is 18.2 Å². The number of carbonyl (C=O) groups is 4. The second-order valence-electron chi connectivity index (χ2n) is 7.54. The van der Waals surface area contributed by atoms with E-state index in [0.29, 0.717) is 18.5 Å². The zero-order valence-electron chi connectivity index (χ0n) is 15.8. The number of rotatable bonds is 3. The number of esters is 1. The first-order valence-electron chi connectivity index (χ1n) is 9.62. The first kappa shape index (κ1) is 18.5. The van der Waals surface area contributed by atoms with Crippen LogP contribution in [0.3, 0.4) is 0 Å². The number of piperidine rings is 2. The molecule has 4 rings (SSSR count). The summed E-state index contributed by atoms with van der Waals surface area (Å²) in [5, 5.41) is 2.32. The van der Waals surface area contributed by atoms with Crippen LogP contribution in [0.2, 0.25) is 0 Å². The highest BCUT2D eigenvalue weighted by Crippen LogP contribution is 2.31. The van der Waals surface area contributed by atoms with E-state index in [1.807, 2.05) is 18.2 Å². The maximum Gasteiger partial charge on any atom is 0.302 e. The molecule has 0 spiro atoms. The van der Waals surface area contributed by atoms with Crippen molar-refractivity contribution in [1.82, 2.24) is 10.2 Å². The summed E-state index contributed by atoms with van der Waals surface area (Å²) in [6.07, 6.45) is 2.08. The van der Waals surface area contributed by atoms with Crippen molar-refractivity contribution in [3.8, 4) is 0 Å². The van der Waals surface area contributed by atoms with E-state index in [4.69, 9.17) is 4.74 Å². The third-order valence-electron chi connectivity index (χ3n) is 5.65. The SMILES string of the molecule is CC(=O)OC1CCN(c2ccc3c(c2)C(=O)N(C2CCC(=O)NC2=O)C3)CC1. The van der Waals surface area contributed by atoms with Crippen molar-refractivity contribution in [2.75, 3.05) is 18.0 Å². The second kappa shape index (κ2) is 7.26. The van der Waals surface area contributed by atoms with Gasteiger partial charge in [-0.2, -0.15) is 0 Å². The fourth-order valence-corrected chi connectivity index (χ4v) is 4.21. The monoisotopic (exact) mass is 385 g/mol. The topological polar surface area (TPSA) is 96.0 Å². The number of hydrogen-bond acceptors (Lipinski definition) is 6. The highest BCUT2D eigenvalue weighted by atomic mass is 16.5. The normalized spacial score (nSPS) is 22.9. The van der Waals surface area contributed by atoms with Crippen molar-refractivity contribution < 1.29 is 23.9 Å². The number of carbonyl (C=O) groups excluding carboxylic acids is 4. The smallest absolute Gasteiger partial charge is 0.302 e. The molecule has 2 saturated heterocycles. The van der Waals surface area contributed by atoms with Gasteiger partial charge in [-0.1, -0.05) is 6.07 Å². The Kier molecular flexibility index (Phi) is 4.78. The van der Waals surface area contributed by atoms with Crippen LogP contribution in [-0.4, -0.2) is 53.8 Å². The van der Waals surface area contributed by atoms with Crippen molar-refractivity contribution in [2.45, 2.75) is 51.3 Å². The maximum atomic E-state index is 12.9. The average molecular weight is 385 g/mol. The van der Waals surface area contributed by atoms with E-state index >= 15 is 0 Å². The summed E-state index contributed by atoms with van der Waals surface area (Å²) in [5.74, 6) is -1.11. The van der Waals surface area contributed by atoms with Gasteiger partial charge in [0.25, 0.3) is 5.91 Å². The van der Waals surface area contributed by atoms with Crippen LogP contribution >= 0.6 is 0 Å². The van der Waals surface area contributed by atoms with Crippen LogP contribution < -0.4 is 10.2 Å². The van der Waals surface area contributed by atoms with Gasteiger partial charge in [0, 0.05) is 57.1 Å². The van der Waals surface area contributed by atoms with E-state index in [0.717, 1.165) is 37.2 Å². The third-order valence-corrected chi connectivity index (χ3v) is 5.65. The fourth-order valence-electron chi connectivity index (χ4n) is 4.21. The number of anilines is 1. The van der Waals surface area contributed by atoms with Gasteiger partial charge in [0.1, 0.15) is 12.1 Å². The number of nitrogens with zero attached hydrogens (tertiary/aromatic N) is 2. The molecular formula is C20H23N3O5. The lowest BCUT2D eigenvalue weighted by Crippen LogP contribution is -2.52. The van der Waals surface area contributed by atoms with E-state index in [2.05, 4.69) is 10.2 Å². The molecule has 8 nitrogen and oxygen atoms in total. The van der Waals surface area contributed by atoms with Gasteiger partial charge in [-0.05, 0) is 24.1 Å². The minimum absolute atomic E-state index is 0.0483. The number of nitrogens with one attached hydrogen (secondary N) is 1. The van der Waals surface area contributed by atoms with E-state index < -0.39 is 11.9 Å². The average Bonchev–Trinajstić information content (AvgIpc) is 2.98. The summed E-state index contributed by atoms with van der Waals surface area (Å²) in [6.45, 7) is 3.31. The van der Waals surface area contributed by atoms with Crippen LogP contribution in [0.1, 0.15) is 48.5 Å². The van der Waals surface area contributed by atoms with Crippen molar-refractivity contribution >= 4 is 29.4 Å². The second-order valence-corrected chi connectivity index (χ2v) is 7.54. The first-order valence-corrected chi connectivity index (χ1v) is 9.62. The van der Waals surface area contributed by atoms with Gasteiger partial charge in [-0.3, -0.25) is 24.5 Å². The molecule has 3 aliphatic heterocycles. The Morgan fingerprint density at radius 1 is 1.14 bits per heavy atom. The Hall–Kier alpha value is -2.90. The molecule has 3 aliphatic rings. The lowest BCUT2D eigenvalue weighted by molar-refractivity contribution is -0.147. The predicted octanol–water partition coefficient (Wildman–Crippen LogP) is 0.979. The number of ether oxygens (including phenoxy) is 1. The largest absolute Gasteiger partial charge is 0.462 e. The Bertz CT molecular complexity index is 844. The lowest BCUT2D eigenvalue weighted by atomic mass is 10.0. The van der Waals surface area contributed by atoms with Crippen LogP contribution in [0.4, 0.5) is 5.69 Å². The molecule has 0 bridgehead atoms. The molecule has 1 N–H and O–H groups in total. The van der Waals surface area contributed by atoms with Crippen LogP contribution in [0.5, 0.6) is 0 Å². The van der Waals surface area contributed by atoms with Gasteiger partial charge in [-0.15, -0.1) is 0 Å². The Labute approximate surface area is 162 Å². The van der Waals surface area contributed by atoms with Crippen LogP contribution in [-0.2, 0) is 25.7 Å². The molecule has 0 saturated carbocycles. The van der Waals surface area contributed by atoms with Crippen molar-refractivity contribution in [1.29, 1.82) is 0 Å². The van der Waals surface area contributed by atoms with Gasteiger partial charge in [0.05, 0.1) is 0 Å². The van der Waals surface area contributed by atoms with Gasteiger partial charge < -0.3 is 14.5 Å². The highest BCUT2D eigenvalue weighted by molar-refractivity contribution is 6.05. The lowest BCUT2D eigenvalue weighted by Gasteiger charge is -2.33. The van der Waals surface area contributed by atoms with Crippen LogP contribution in [0.25, 0.3) is 0 Å². The molecule has 1 unspecified atom stereocenters. The molecule has 3 amide bonds. The standard InChI is InChI=1S/C20H23N3O5/c1-12(24)28-15-6-8-22(9-7-15)14-3-2-13-11-23(20(27)16(13)10-14)17-4-5-18(25)21-19(17)26/h2-3,10,15,17H,4-9,11H2,1H3,(H,21,25,26). The summed E-state index contributed by atoms with van der Waals surface area (Å²) in [6, 6.07) is 5.22. The molecule has 1 aromatic carbocycles. The Morgan fingerprint density at radius 2 is 1.89 bits per heavy atom. The van der Waals surface area contributed by atoms with Crippen molar-refractivity contribution in [2.24, 2.45) is 0 Å². The summed E-state index contributed by atoms with van der Waals surface area (Å²) in [4.78, 5) is 51.3. The molecule has 148 valence electrons. The zero-order valence-corrected chi connectivity index (χ0v) is 15.8. The molecule has 1 aromatic rings. The summed E-state index contributed by atoms with van der Waals surface area (Å²) in [5.41, 5.74) is 2.47. The van der Waals surface area contributed by atoms with E-state index in [-0.39, 0.29) is 30.3 Å². The van der Waals surface area contributed by atoms with Gasteiger partial charge in [-0.25, -0.2) is 0 Å². The maximum absolute atomic E-state index is 12.9. The Balaban J connectivity index is 1.46. The minimum atomic E-state index is -0.597. The first-order chi connectivity index (χ1) is 13.4. The number of amides is 3. The molecule has 0 radical (unpaired) electrons. The van der Waals surface area contributed by atoms with Gasteiger partial charge in [0.2, 0.25) is 11.8 Å². The van der Waals surface area contributed by atoms with Gasteiger partial charge >= 0.3 is 5.97 Å². The van der Waals surface area contributed by atoms with E-state index in [9.17, 15) is 19.2 Å². The van der Waals surface area contributed by atoms with Crippen molar-refractivity contribution in [3.05, 3.63) is 29.3 Å². The number of benzene rings is 1. The summed E-state index contributed by atoms with van der Waals surface area (Å²) < 4.78 is 5.28. The van der Waals surface area contributed by atoms with Crippen LogP contribution in [0, 0.1) is 0 Å². The van der Waals surface area contributed by atoms with E-state index in [1.54, 1.807) is 4.90 Å². The molecule has 8 heteroatoms.